The third-order valence-electron chi connectivity index (χ3n) is 4.67. The number of piperidine rings is 1. The SMILES string of the molecule is CN(C)C(CNC(=O)C1NCCCC1(C)C)c1ccccc1. The van der Waals surface area contributed by atoms with Crippen LogP contribution in [0.5, 0.6) is 0 Å². The molecule has 2 atom stereocenters. The molecule has 122 valence electrons. The Balaban J connectivity index is 1.99. The zero-order valence-electron chi connectivity index (χ0n) is 14.2. The molecule has 1 aliphatic heterocycles. The van der Waals surface area contributed by atoms with Crippen molar-refractivity contribution in [1.29, 1.82) is 0 Å². The molecule has 1 aliphatic rings. The highest BCUT2D eigenvalue weighted by Crippen LogP contribution is 2.30. The van der Waals surface area contributed by atoms with Crippen molar-refractivity contribution in [3.8, 4) is 0 Å². The smallest absolute Gasteiger partial charge is 0.237 e. The predicted molar refractivity (Wildman–Crippen MR) is 90.7 cm³/mol. The second kappa shape index (κ2) is 7.25. The topological polar surface area (TPSA) is 44.4 Å². The minimum atomic E-state index is -0.0974. The van der Waals surface area contributed by atoms with E-state index >= 15 is 0 Å². The van der Waals surface area contributed by atoms with Gasteiger partial charge in [0.1, 0.15) is 0 Å². The average Bonchev–Trinajstić information content (AvgIpc) is 2.47. The first-order chi connectivity index (χ1) is 10.4. The van der Waals surface area contributed by atoms with Crippen LogP contribution in [0.15, 0.2) is 30.3 Å². The monoisotopic (exact) mass is 303 g/mol. The van der Waals surface area contributed by atoms with Crippen molar-refractivity contribution in [2.24, 2.45) is 5.41 Å². The second-order valence-electron chi connectivity index (χ2n) is 7.11. The summed E-state index contributed by atoms with van der Waals surface area (Å²) in [5.74, 6) is 0.118. The van der Waals surface area contributed by atoms with E-state index in [0.29, 0.717) is 6.54 Å². The lowest BCUT2D eigenvalue weighted by atomic mass is 9.77. The van der Waals surface area contributed by atoms with Crippen molar-refractivity contribution in [3.63, 3.8) is 0 Å². The Kier molecular flexibility index (Phi) is 5.59. The van der Waals surface area contributed by atoms with Crippen LogP contribution < -0.4 is 10.6 Å². The quantitative estimate of drug-likeness (QED) is 0.876. The fourth-order valence-electron chi connectivity index (χ4n) is 3.23. The van der Waals surface area contributed by atoms with Gasteiger partial charge in [-0.1, -0.05) is 44.2 Å². The van der Waals surface area contributed by atoms with E-state index in [9.17, 15) is 4.79 Å². The lowest BCUT2D eigenvalue weighted by molar-refractivity contribution is -0.127. The van der Waals surface area contributed by atoms with Crippen LogP contribution in [0.3, 0.4) is 0 Å². The van der Waals surface area contributed by atoms with Crippen molar-refractivity contribution in [3.05, 3.63) is 35.9 Å². The lowest BCUT2D eigenvalue weighted by Gasteiger charge is -2.38. The highest BCUT2D eigenvalue weighted by molar-refractivity contribution is 5.82. The fraction of sp³-hybridized carbons (Fsp3) is 0.611. The van der Waals surface area contributed by atoms with E-state index in [0.717, 1.165) is 19.4 Å². The van der Waals surface area contributed by atoms with Crippen molar-refractivity contribution in [1.82, 2.24) is 15.5 Å². The summed E-state index contributed by atoms with van der Waals surface area (Å²) in [6, 6.07) is 10.4. The van der Waals surface area contributed by atoms with Gasteiger partial charge in [0, 0.05) is 6.54 Å². The van der Waals surface area contributed by atoms with Crippen LogP contribution in [0.1, 0.15) is 38.3 Å². The van der Waals surface area contributed by atoms with E-state index in [1.54, 1.807) is 0 Å². The van der Waals surface area contributed by atoms with Gasteiger partial charge in [0.15, 0.2) is 0 Å². The summed E-state index contributed by atoms with van der Waals surface area (Å²) in [7, 11) is 4.10. The first-order valence-electron chi connectivity index (χ1n) is 8.14. The molecule has 0 radical (unpaired) electrons. The van der Waals surface area contributed by atoms with E-state index in [4.69, 9.17) is 0 Å². The normalized spacial score (nSPS) is 22.3. The van der Waals surface area contributed by atoms with Gasteiger partial charge in [-0.25, -0.2) is 0 Å². The molecule has 2 unspecified atom stereocenters. The number of carbonyl (C=O) groups excluding carboxylic acids is 1. The lowest BCUT2D eigenvalue weighted by Crippen LogP contribution is -2.56. The molecule has 1 aromatic rings. The zero-order valence-corrected chi connectivity index (χ0v) is 14.2. The van der Waals surface area contributed by atoms with Gasteiger partial charge in [0.2, 0.25) is 5.91 Å². The maximum absolute atomic E-state index is 12.6. The second-order valence-corrected chi connectivity index (χ2v) is 7.11. The van der Waals surface area contributed by atoms with Gasteiger partial charge < -0.3 is 15.5 Å². The number of hydrogen-bond donors (Lipinski definition) is 2. The number of hydrogen-bond acceptors (Lipinski definition) is 3. The Hall–Kier alpha value is -1.39. The third kappa shape index (κ3) is 4.08. The van der Waals surface area contributed by atoms with Gasteiger partial charge in [-0.05, 0) is 44.5 Å². The molecule has 1 heterocycles. The first-order valence-corrected chi connectivity index (χ1v) is 8.14. The standard InChI is InChI=1S/C18H29N3O/c1-18(2)11-8-12-19-16(18)17(22)20-13-15(21(3)4)14-9-6-5-7-10-14/h5-7,9-10,15-16,19H,8,11-13H2,1-4H3,(H,20,22). The number of nitrogens with one attached hydrogen (secondary N) is 2. The van der Waals surface area contributed by atoms with Gasteiger partial charge in [-0.3, -0.25) is 4.79 Å². The Bertz CT molecular complexity index is 484. The minimum absolute atomic E-state index is 0.0166. The van der Waals surface area contributed by atoms with Crippen LogP contribution in [0.2, 0.25) is 0 Å². The Morgan fingerprint density at radius 3 is 2.64 bits per heavy atom. The zero-order chi connectivity index (χ0) is 16.2. The molecule has 2 N–H and O–H groups in total. The molecule has 4 nitrogen and oxygen atoms in total. The highest BCUT2D eigenvalue weighted by Gasteiger charge is 2.37. The third-order valence-corrected chi connectivity index (χ3v) is 4.67. The van der Waals surface area contributed by atoms with E-state index in [1.165, 1.54) is 5.56 Å². The highest BCUT2D eigenvalue weighted by atomic mass is 16.2. The maximum Gasteiger partial charge on any atom is 0.237 e. The number of benzene rings is 1. The minimum Gasteiger partial charge on any atom is -0.353 e. The molecule has 0 saturated carbocycles. The average molecular weight is 303 g/mol. The maximum atomic E-state index is 12.6. The van der Waals surface area contributed by atoms with Crippen LogP contribution in [0, 0.1) is 5.41 Å². The molecule has 22 heavy (non-hydrogen) atoms. The van der Waals surface area contributed by atoms with Crippen molar-refractivity contribution >= 4 is 5.91 Å². The molecule has 1 saturated heterocycles. The summed E-state index contributed by atoms with van der Waals surface area (Å²) >= 11 is 0. The summed E-state index contributed by atoms with van der Waals surface area (Å²) in [5, 5.41) is 6.52. The number of likely N-dealkylation sites (N-methyl/N-ethyl adjacent to an activating group) is 1. The molecule has 0 spiro atoms. The Morgan fingerprint density at radius 2 is 2.05 bits per heavy atom. The van der Waals surface area contributed by atoms with Gasteiger partial charge in [-0.15, -0.1) is 0 Å². The summed E-state index contributed by atoms with van der Waals surface area (Å²) in [6.07, 6.45) is 2.23. The molecule has 1 aromatic carbocycles. The van der Waals surface area contributed by atoms with Crippen LogP contribution in [0.25, 0.3) is 0 Å². The Labute approximate surface area is 134 Å². The van der Waals surface area contributed by atoms with E-state index in [2.05, 4.69) is 41.5 Å². The molecule has 1 fully saturated rings. The van der Waals surface area contributed by atoms with Crippen molar-refractivity contribution in [2.75, 3.05) is 27.2 Å². The summed E-state index contributed by atoms with van der Waals surface area (Å²) in [5.41, 5.74) is 1.24. The summed E-state index contributed by atoms with van der Waals surface area (Å²) in [6.45, 7) is 5.90. The van der Waals surface area contributed by atoms with Crippen LogP contribution >= 0.6 is 0 Å². The molecule has 4 heteroatoms. The Morgan fingerprint density at radius 1 is 1.36 bits per heavy atom. The van der Waals surface area contributed by atoms with Gasteiger partial charge in [0.05, 0.1) is 12.1 Å². The number of amides is 1. The van der Waals surface area contributed by atoms with Gasteiger partial charge in [-0.2, -0.15) is 0 Å². The van der Waals surface area contributed by atoms with Crippen molar-refractivity contribution in [2.45, 2.75) is 38.8 Å². The molecule has 0 aliphatic carbocycles. The summed E-state index contributed by atoms with van der Waals surface area (Å²) in [4.78, 5) is 14.7. The largest absolute Gasteiger partial charge is 0.353 e. The number of nitrogens with zero attached hydrogens (tertiary/aromatic N) is 1. The van der Waals surface area contributed by atoms with E-state index < -0.39 is 0 Å². The first kappa shape index (κ1) is 17.0. The van der Waals surface area contributed by atoms with E-state index in [-0.39, 0.29) is 23.4 Å². The molecule has 2 rings (SSSR count). The van der Waals surface area contributed by atoms with Gasteiger partial charge in [0.25, 0.3) is 0 Å². The number of carbonyl (C=O) groups is 1. The van der Waals surface area contributed by atoms with Crippen LogP contribution in [-0.4, -0.2) is 44.0 Å². The van der Waals surface area contributed by atoms with Crippen LogP contribution in [-0.2, 0) is 4.79 Å². The molecular weight excluding hydrogens is 274 g/mol. The molecule has 0 aromatic heterocycles. The summed E-state index contributed by atoms with van der Waals surface area (Å²) < 4.78 is 0. The molecule has 1 amide bonds. The molecular formula is C18H29N3O. The van der Waals surface area contributed by atoms with Crippen LogP contribution in [0.4, 0.5) is 0 Å². The molecule has 0 bridgehead atoms. The van der Waals surface area contributed by atoms with Crippen molar-refractivity contribution < 1.29 is 4.79 Å². The number of rotatable bonds is 5. The van der Waals surface area contributed by atoms with Gasteiger partial charge >= 0.3 is 0 Å². The fourth-order valence-corrected chi connectivity index (χ4v) is 3.23. The predicted octanol–water partition coefficient (Wildman–Crippen LogP) is 2.18. The van der Waals surface area contributed by atoms with E-state index in [1.807, 2.05) is 32.3 Å².